The van der Waals surface area contributed by atoms with E-state index in [-0.39, 0.29) is 17.7 Å². The quantitative estimate of drug-likeness (QED) is 0.857. The summed E-state index contributed by atoms with van der Waals surface area (Å²) in [5.74, 6) is -2.89. The summed E-state index contributed by atoms with van der Waals surface area (Å²) in [6.07, 6.45) is 4.52. The maximum Gasteiger partial charge on any atom is 0.228 e. The first-order valence-corrected chi connectivity index (χ1v) is 6.90. The van der Waals surface area contributed by atoms with Crippen LogP contribution < -0.4 is 10.4 Å². The number of nitrogens with one attached hydrogen (secondary N) is 1. The highest BCUT2D eigenvalue weighted by Gasteiger charge is 2.48. The third kappa shape index (κ3) is 2.10. The van der Waals surface area contributed by atoms with E-state index in [2.05, 4.69) is 5.32 Å². The van der Waals surface area contributed by atoms with Gasteiger partial charge in [0.25, 0.3) is 0 Å². The number of hydrogen-bond acceptors (Lipinski definition) is 3. The summed E-state index contributed by atoms with van der Waals surface area (Å²) in [4.78, 5) is 23.7. The summed E-state index contributed by atoms with van der Waals surface area (Å²) in [7, 11) is 0. The van der Waals surface area contributed by atoms with Gasteiger partial charge in [-0.25, -0.2) is 0 Å². The van der Waals surface area contributed by atoms with Gasteiger partial charge in [0.1, 0.15) is 0 Å². The maximum atomic E-state index is 12.4. The molecule has 3 rings (SSSR count). The lowest BCUT2D eigenvalue weighted by Gasteiger charge is -2.27. The highest BCUT2D eigenvalue weighted by atomic mass is 35.5. The molecule has 0 radical (unpaired) electrons. The monoisotopic (exact) mass is 290 g/mol. The fourth-order valence-electron chi connectivity index (χ4n) is 3.28. The van der Waals surface area contributed by atoms with E-state index in [4.69, 9.17) is 11.6 Å². The van der Waals surface area contributed by atoms with Crippen LogP contribution in [-0.2, 0) is 9.59 Å². The van der Waals surface area contributed by atoms with Gasteiger partial charge in [-0.2, -0.15) is 0 Å². The van der Waals surface area contributed by atoms with E-state index in [0.717, 1.165) is 0 Å². The summed E-state index contributed by atoms with van der Waals surface area (Å²) in [6.45, 7) is 0. The summed E-state index contributed by atoms with van der Waals surface area (Å²) in [5, 5.41) is 14.4. The van der Waals surface area contributed by atoms with Gasteiger partial charge < -0.3 is 15.2 Å². The molecule has 0 aromatic heterocycles. The van der Waals surface area contributed by atoms with Crippen LogP contribution in [0, 0.1) is 23.7 Å². The molecule has 0 spiro atoms. The van der Waals surface area contributed by atoms with Gasteiger partial charge in [-0.05, 0) is 30.4 Å². The van der Waals surface area contributed by atoms with Crippen LogP contribution in [0.3, 0.4) is 0 Å². The van der Waals surface area contributed by atoms with Crippen LogP contribution in [0.25, 0.3) is 0 Å². The normalized spacial score (nSPS) is 30.4. The molecule has 1 saturated carbocycles. The van der Waals surface area contributed by atoms with E-state index in [1.807, 2.05) is 12.2 Å². The number of halogens is 1. The molecule has 5 heteroatoms. The summed E-state index contributed by atoms with van der Waals surface area (Å²) in [5.41, 5.74) is 0.503. The molecule has 1 fully saturated rings. The molecule has 20 heavy (non-hydrogen) atoms. The van der Waals surface area contributed by atoms with Crippen molar-refractivity contribution in [3.8, 4) is 0 Å². The minimum absolute atomic E-state index is 0.0228. The van der Waals surface area contributed by atoms with Crippen LogP contribution in [0.4, 0.5) is 5.69 Å². The lowest BCUT2D eigenvalue weighted by molar-refractivity contribution is -0.313. The molecule has 1 aromatic carbocycles. The minimum atomic E-state index is -1.15. The molecule has 0 aliphatic heterocycles. The summed E-state index contributed by atoms with van der Waals surface area (Å²) in [6, 6.07) is 6.89. The molecule has 0 unspecified atom stereocenters. The maximum absolute atomic E-state index is 12.4. The Labute approximate surface area is 121 Å². The number of anilines is 1. The first-order chi connectivity index (χ1) is 9.58. The topological polar surface area (TPSA) is 69.2 Å². The molecule has 4 atom stereocenters. The number of allylic oxidation sites excluding steroid dienone is 2. The van der Waals surface area contributed by atoms with E-state index in [1.165, 1.54) is 0 Å². The van der Waals surface area contributed by atoms with Gasteiger partial charge in [0.05, 0.1) is 16.6 Å². The minimum Gasteiger partial charge on any atom is -0.550 e. The highest BCUT2D eigenvalue weighted by Crippen LogP contribution is 2.48. The fraction of sp³-hybridized carbons (Fsp3) is 0.333. The molecule has 1 amide bonds. The number of rotatable bonds is 3. The highest BCUT2D eigenvalue weighted by molar-refractivity contribution is 6.33. The number of carbonyl (C=O) groups is 2. The Kier molecular flexibility index (Phi) is 3.26. The number of para-hydroxylation sites is 1. The second-order valence-corrected chi connectivity index (χ2v) is 5.70. The van der Waals surface area contributed by atoms with Gasteiger partial charge in [0.15, 0.2) is 0 Å². The molecule has 0 heterocycles. The molecule has 4 nitrogen and oxygen atoms in total. The van der Waals surface area contributed by atoms with Crippen LogP contribution >= 0.6 is 11.6 Å². The van der Waals surface area contributed by atoms with Crippen LogP contribution in [0.2, 0.25) is 5.02 Å². The van der Waals surface area contributed by atoms with Crippen LogP contribution in [0.1, 0.15) is 6.42 Å². The number of benzene rings is 1. The van der Waals surface area contributed by atoms with E-state index < -0.39 is 17.8 Å². The zero-order valence-electron chi connectivity index (χ0n) is 10.6. The SMILES string of the molecule is O=C([O-])[C@@H]1[C@@H](C(=O)Nc2ccccc2Cl)[C@H]2C=C[C@H]1C2. The van der Waals surface area contributed by atoms with Crippen LogP contribution in [0.15, 0.2) is 36.4 Å². The van der Waals surface area contributed by atoms with Gasteiger partial charge in [0, 0.05) is 11.9 Å². The third-order valence-electron chi connectivity index (χ3n) is 4.17. The Bertz CT molecular complexity index is 599. The van der Waals surface area contributed by atoms with Crippen molar-refractivity contribution >= 4 is 29.2 Å². The standard InChI is InChI=1S/C15H14ClNO3/c16-10-3-1-2-4-11(10)17-14(18)12-8-5-6-9(7-8)13(12)15(19)20/h1-6,8-9,12-13H,7H2,(H,17,18)(H,19,20)/p-1/t8-,9-,12-,13-/m0/s1. The number of aliphatic carboxylic acids is 1. The van der Waals surface area contributed by atoms with Gasteiger partial charge in [0.2, 0.25) is 5.91 Å². The van der Waals surface area contributed by atoms with Crippen molar-refractivity contribution in [2.45, 2.75) is 6.42 Å². The van der Waals surface area contributed by atoms with Crippen molar-refractivity contribution in [1.29, 1.82) is 0 Å². The third-order valence-corrected chi connectivity index (χ3v) is 4.50. The molecular formula is C15H13ClNO3-. The molecule has 2 aliphatic rings. The van der Waals surface area contributed by atoms with E-state index in [1.54, 1.807) is 24.3 Å². The first kappa shape index (κ1) is 13.2. The predicted molar refractivity (Wildman–Crippen MR) is 72.8 cm³/mol. The number of amides is 1. The molecule has 1 N–H and O–H groups in total. The Morgan fingerprint density at radius 1 is 1.15 bits per heavy atom. The smallest absolute Gasteiger partial charge is 0.228 e. The Morgan fingerprint density at radius 2 is 1.80 bits per heavy atom. The molecular weight excluding hydrogens is 278 g/mol. The Morgan fingerprint density at radius 3 is 2.45 bits per heavy atom. The van der Waals surface area contributed by atoms with Crippen molar-refractivity contribution in [3.63, 3.8) is 0 Å². The fourth-order valence-corrected chi connectivity index (χ4v) is 3.46. The van der Waals surface area contributed by atoms with E-state index in [9.17, 15) is 14.7 Å². The van der Waals surface area contributed by atoms with Crippen molar-refractivity contribution in [2.24, 2.45) is 23.7 Å². The summed E-state index contributed by atoms with van der Waals surface area (Å²) >= 11 is 6.00. The van der Waals surface area contributed by atoms with Gasteiger partial charge >= 0.3 is 0 Å². The molecule has 1 aromatic rings. The van der Waals surface area contributed by atoms with Crippen molar-refractivity contribution in [3.05, 3.63) is 41.4 Å². The average molecular weight is 291 g/mol. The zero-order valence-corrected chi connectivity index (χ0v) is 11.3. The molecule has 104 valence electrons. The number of carbonyl (C=O) groups excluding carboxylic acids is 2. The molecule has 2 bridgehead atoms. The first-order valence-electron chi connectivity index (χ1n) is 6.52. The number of hydrogen-bond donors (Lipinski definition) is 1. The van der Waals surface area contributed by atoms with E-state index in [0.29, 0.717) is 17.1 Å². The van der Waals surface area contributed by atoms with Gasteiger partial charge in [-0.1, -0.05) is 35.9 Å². The zero-order chi connectivity index (χ0) is 14.3. The Hall–Kier alpha value is -1.81. The van der Waals surface area contributed by atoms with Gasteiger partial charge in [-0.3, -0.25) is 4.79 Å². The van der Waals surface area contributed by atoms with Crippen molar-refractivity contribution in [2.75, 3.05) is 5.32 Å². The second-order valence-electron chi connectivity index (χ2n) is 5.29. The lowest BCUT2D eigenvalue weighted by Crippen LogP contribution is -2.42. The number of carboxylic acid groups (broad SMARTS) is 1. The molecule has 2 aliphatic carbocycles. The summed E-state index contributed by atoms with van der Waals surface area (Å²) < 4.78 is 0. The van der Waals surface area contributed by atoms with Crippen molar-refractivity contribution in [1.82, 2.24) is 0 Å². The number of carboxylic acids is 1. The predicted octanol–water partition coefficient (Wildman–Crippen LogP) is 1.47. The molecule has 0 saturated heterocycles. The van der Waals surface area contributed by atoms with Crippen LogP contribution in [0.5, 0.6) is 0 Å². The lowest BCUT2D eigenvalue weighted by atomic mass is 9.82. The van der Waals surface area contributed by atoms with E-state index >= 15 is 0 Å². The van der Waals surface area contributed by atoms with Gasteiger partial charge in [-0.15, -0.1) is 0 Å². The van der Waals surface area contributed by atoms with Crippen molar-refractivity contribution < 1.29 is 14.7 Å². The number of fused-ring (bicyclic) bond motifs is 2. The van der Waals surface area contributed by atoms with Crippen LogP contribution in [-0.4, -0.2) is 11.9 Å². The second kappa shape index (κ2) is 4.94. The average Bonchev–Trinajstić information content (AvgIpc) is 3.01. The largest absolute Gasteiger partial charge is 0.550 e. The Balaban J connectivity index is 1.82.